The predicted molar refractivity (Wildman–Crippen MR) is 69.8 cm³/mol. The van der Waals surface area contributed by atoms with Gasteiger partial charge in [-0.25, -0.2) is 8.78 Å². The largest absolute Gasteiger partial charge is 0.350 e. The molecule has 0 bridgehead atoms. The number of carbonyl (C=O) groups excluding carboxylic acids is 1. The van der Waals surface area contributed by atoms with E-state index in [1.54, 1.807) is 23.1 Å². The normalized spacial score (nSPS) is 12.2. The summed E-state index contributed by atoms with van der Waals surface area (Å²) in [5, 5.41) is 6.73. The third-order valence-electron chi connectivity index (χ3n) is 2.98. The number of amides is 1. The quantitative estimate of drug-likeness (QED) is 0.913. The van der Waals surface area contributed by atoms with Crippen LogP contribution >= 0.6 is 0 Å². The first kappa shape index (κ1) is 14.2. The molecular weight excluding hydrogens is 264 g/mol. The standard InChI is InChI=1S/C14H15F2N3O/c1-2-13(19-7-3-6-18-19)14(20)17-9-10-4-5-11(15)12(16)8-10/h3-8,13H,2,9H2,1H3,(H,17,20)/t13-/m0/s1. The molecule has 6 heteroatoms. The average Bonchev–Trinajstić information content (AvgIpc) is 2.95. The lowest BCUT2D eigenvalue weighted by molar-refractivity contribution is -0.124. The van der Waals surface area contributed by atoms with Crippen molar-refractivity contribution in [1.29, 1.82) is 0 Å². The number of nitrogens with one attached hydrogen (secondary N) is 1. The van der Waals surface area contributed by atoms with Gasteiger partial charge in [0.25, 0.3) is 0 Å². The van der Waals surface area contributed by atoms with Crippen LogP contribution in [0.5, 0.6) is 0 Å². The molecule has 0 spiro atoms. The van der Waals surface area contributed by atoms with Crippen molar-refractivity contribution in [2.45, 2.75) is 25.9 Å². The summed E-state index contributed by atoms with van der Waals surface area (Å²) >= 11 is 0. The molecule has 1 amide bonds. The van der Waals surface area contributed by atoms with E-state index in [0.717, 1.165) is 12.1 Å². The minimum atomic E-state index is -0.920. The molecule has 0 aliphatic carbocycles. The topological polar surface area (TPSA) is 46.9 Å². The third kappa shape index (κ3) is 3.20. The Labute approximate surface area is 115 Å². The Kier molecular flexibility index (Phi) is 4.45. The van der Waals surface area contributed by atoms with Crippen molar-refractivity contribution in [3.05, 3.63) is 53.9 Å². The van der Waals surface area contributed by atoms with E-state index in [4.69, 9.17) is 0 Å². The van der Waals surface area contributed by atoms with Crippen molar-refractivity contribution in [3.63, 3.8) is 0 Å². The maximum atomic E-state index is 13.0. The van der Waals surface area contributed by atoms with E-state index < -0.39 is 17.7 Å². The van der Waals surface area contributed by atoms with Gasteiger partial charge < -0.3 is 5.32 Å². The Bertz CT molecular complexity index is 584. The van der Waals surface area contributed by atoms with Crippen molar-refractivity contribution in [2.75, 3.05) is 0 Å². The van der Waals surface area contributed by atoms with Gasteiger partial charge in [0.15, 0.2) is 11.6 Å². The van der Waals surface area contributed by atoms with Crippen LogP contribution in [0.4, 0.5) is 8.78 Å². The average molecular weight is 279 g/mol. The van der Waals surface area contributed by atoms with E-state index in [1.165, 1.54) is 6.07 Å². The second-order valence-corrected chi connectivity index (χ2v) is 4.38. The summed E-state index contributed by atoms with van der Waals surface area (Å²) < 4.78 is 27.4. The fourth-order valence-electron chi connectivity index (χ4n) is 1.91. The molecular formula is C14H15F2N3O. The van der Waals surface area contributed by atoms with Gasteiger partial charge in [-0.2, -0.15) is 5.10 Å². The minimum absolute atomic E-state index is 0.147. The zero-order valence-electron chi connectivity index (χ0n) is 11.0. The molecule has 0 unspecified atom stereocenters. The number of halogens is 2. The Morgan fingerprint density at radius 3 is 2.80 bits per heavy atom. The summed E-state index contributed by atoms with van der Waals surface area (Å²) in [5.41, 5.74) is 0.507. The Balaban J connectivity index is 1.99. The molecule has 4 nitrogen and oxygen atoms in total. The van der Waals surface area contributed by atoms with Gasteiger partial charge in [-0.05, 0) is 30.2 Å². The van der Waals surface area contributed by atoms with Crippen molar-refractivity contribution < 1.29 is 13.6 Å². The summed E-state index contributed by atoms with van der Waals surface area (Å²) in [6.07, 6.45) is 3.90. The third-order valence-corrected chi connectivity index (χ3v) is 2.98. The summed E-state index contributed by atoms with van der Waals surface area (Å²) in [4.78, 5) is 12.1. The van der Waals surface area contributed by atoms with Gasteiger partial charge in [-0.1, -0.05) is 13.0 Å². The van der Waals surface area contributed by atoms with Crippen LogP contribution in [0.1, 0.15) is 24.9 Å². The van der Waals surface area contributed by atoms with Gasteiger partial charge in [0, 0.05) is 18.9 Å². The van der Waals surface area contributed by atoms with E-state index >= 15 is 0 Å². The van der Waals surface area contributed by atoms with Crippen molar-refractivity contribution >= 4 is 5.91 Å². The smallest absolute Gasteiger partial charge is 0.245 e. The molecule has 0 saturated heterocycles. The number of nitrogens with zero attached hydrogens (tertiary/aromatic N) is 2. The number of carbonyl (C=O) groups is 1. The number of aromatic nitrogens is 2. The van der Waals surface area contributed by atoms with Crippen LogP contribution in [0, 0.1) is 11.6 Å². The minimum Gasteiger partial charge on any atom is -0.350 e. The number of hydrogen-bond donors (Lipinski definition) is 1. The molecule has 20 heavy (non-hydrogen) atoms. The highest BCUT2D eigenvalue weighted by atomic mass is 19.2. The van der Waals surface area contributed by atoms with Crippen LogP contribution < -0.4 is 5.32 Å². The van der Waals surface area contributed by atoms with Gasteiger partial charge in [0.1, 0.15) is 6.04 Å². The molecule has 1 heterocycles. The molecule has 1 atom stereocenters. The fourth-order valence-corrected chi connectivity index (χ4v) is 1.91. The molecule has 0 aliphatic rings. The zero-order chi connectivity index (χ0) is 14.5. The van der Waals surface area contributed by atoms with Crippen LogP contribution in [0.25, 0.3) is 0 Å². The number of hydrogen-bond acceptors (Lipinski definition) is 2. The van der Waals surface area contributed by atoms with E-state index in [1.807, 2.05) is 6.92 Å². The lowest BCUT2D eigenvalue weighted by Gasteiger charge is -2.15. The SMILES string of the molecule is CC[C@@H](C(=O)NCc1ccc(F)c(F)c1)n1cccn1. The maximum absolute atomic E-state index is 13.0. The second kappa shape index (κ2) is 6.27. The summed E-state index contributed by atoms with van der Waals surface area (Å²) in [6.45, 7) is 2.03. The van der Waals surface area contributed by atoms with E-state index in [2.05, 4.69) is 10.4 Å². The lowest BCUT2D eigenvalue weighted by atomic mass is 10.2. The van der Waals surface area contributed by atoms with Gasteiger partial charge in [-0.3, -0.25) is 9.48 Å². The molecule has 0 fully saturated rings. The number of rotatable bonds is 5. The van der Waals surface area contributed by atoms with Gasteiger partial charge in [0.05, 0.1) is 0 Å². The van der Waals surface area contributed by atoms with Gasteiger partial charge in [-0.15, -0.1) is 0 Å². The maximum Gasteiger partial charge on any atom is 0.245 e. The highest BCUT2D eigenvalue weighted by Gasteiger charge is 2.18. The summed E-state index contributed by atoms with van der Waals surface area (Å²) in [6, 6.07) is 4.89. The van der Waals surface area contributed by atoms with Crippen molar-refractivity contribution in [1.82, 2.24) is 15.1 Å². The molecule has 0 radical (unpaired) electrons. The highest BCUT2D eigenvalue weighted by molar-refractivity contribution is 5.80. The number of benzene rings is 1. The fraction of sp³-hybridized carbons (Fsp3) is 0.286. The first-order chi connectivity index (χ1) is 9.61. The van der Waals surface area contributed by atoms with E-state index in [9.17, 15) is 13.6 Å². The lowest BCUT2D eigenvalue weighted by Crippen LogP contribution is -2.32. The van der Waals surface area contributed by atoms with E-state index in [-0.39, 0.29) is 12.5 Å². The predicted octanol–water partition coefficient (Wildman–Crippen LogP) is 2.43. The van der Waals surface area contributed by atoms with E-state index in [0.29, 0.717) is 12.0 Å². The Morgan fingerprint density at radius 2 is 2.20 bits per heavy atom. The van der Waals surface area contributed by atoms with Crippen LogP contribution in [-0.2, 0) is 11.3 Å². The van der Waals surface area contributed by atoms with Crippen LogP contribution in [-0.4, -0.2) is 15.7 Å². The zero-order valence-corrected chi connectivity index (χ0v) is 11.0. The molecule has 2 aromatic rings. The molecule has 1 aromatic heterocycles. The molecule has 0 aliphatic heterocycles. The molecule has 2 rings (SSSR count). The summed E-state index contributed by atoms with van der Waals surface area (Å²) in [5.74, 6) is -2.03. The second-order valence-electron chi connectivity index (χ2n) is 4.38. The molecule has 1 aromatic carbocycles. The van der Waals surface area contributed by atoms with Crippen molar-refractivity contribution in [3.8, 4) is 0 Å². The first-order valence-electron chi connectivity index (χ1n) is 6.32. The first-order valence-corrected chi connectivity index (χ1v) is 6.32. The summed E-state index contributed by atoms with van der Waals surface area (Å²) in [7, 11) is 0. The monoisotopic (exact) mass is 279 g/mol. The Morgan fingerprint density at radius 1 is 1.40 bits per heavy atom. The highest BCUT2D eigenvalue weighted by Crippen LogP contribution is 2.11. The molecule has 1 N–H and O–H groups in total. The van der Waals surface area contributed by atoms with Gasteiger partial charge in [0.2, 0.25) is 5.91 Å². The van der Waals surface area contributed by atoms with Crippen LogP contribution in [0.15, 0.2) is 36.7 Å². The molecule has 0 saturated carbocycles. The van der Waals surface area contributed by atoms with Crippen LogP contribution in [0.3, 0.4) is 0 Å². The molecule has 106 valence electrons. The van der Waals surface area contributed by atoms with Crippen LogP contribution in [0.2, 0.25) is 0 Å². The Hall–Kier alpha value is -2.24. The van der Waals surface area contributed by atoms with Crippen molar-refractivity contribution in [2.24, 2.45) is 0 Å². The van der Waals surface area contributed by atoms with Gasteiger partial charge >= 0.3 is 0 Å².